The summed E-state index contributed by atoms with van der Waals surface area (Å²) in [6, 6.07) is 10.8. The Bertz CT molecular complexity index is 245. The molecule has 0 aliphatic heterocycles. The van der Waals surface area contributed by atoms with Crippen LogP contribution in [0.25, 0.3) is 0 Å². The molecular weight excluding hydrogens is 234 g/mol. The number of nitrogens with one attached hydrogen (secondary N) is 1. The lowest BCUT2D eigenvalue weighted by Crippen LogP contribution is -2.15. The maximum Gasteiger partial charge on any atom is 0.0720 e. The summed E-state index contributed by atoms with van der Waals surface area (Å²) in [4.78, 5) is 0. The van der Waals surface area contributed by atoms with Gasteiger partial charge in [0.1, 0.15) is 0 Å². The summed E-state index contributed by atoms with van der Waals surface area (Å²) in [6.45, 7) is 13.0. The lowest BCUT2D eigenvalue weighted by molar-refractivity contribution is 0.0657. The van der Waals surface area contributed by atoms with Crippen LogP contribution in [0.4, 0.5) is 0 Å². The van der Waals surface area contributed by atoms with Gasteiger partial charge >= 0.3 is 0 Å². The number of rotatable bonds is 4. The molecule has 0 aromatic heterocycles. The zero-order valence-electron chi connectivity index (χ0n) is 13.2. The second-order valence-corrected chi connectivity index (χ2v) is 4.29. The quantitative estimate of drug-likeness (QED) is 0.840. The first-order valence-electron chi connectivity index (χ1n) is 6.89. The molecule has 0 saturated heterocycles. The molecular formula is C17H35NO. The zero-order chi connectivity index (χ0) is 14.4. The van der Waals surface area contributed by atoms with Gasteiger partial charge < -0.3 is 10.1 Å². The van der Waals surface area contributed by atoms with Crippen molar-refractivity contribution in [2.45, 2.75) is 67.7 Å². The highest BCUT2D eigenvalue weighted by molar-refractivity contribution is 5.13. The summed E-state index contributed by atoms with van der Waals surface area (Å²) in [5, 5.41) is 3.03. The summed E-state index contributed by atoms with van der Waals surface area (Å²) < 4.78 is 5.43. The predicted octanol–water partition coefficient (Wildman–Crippen LogP) is 4.89. The van der Waals surface area contributed by atoms with E-state index in [0.717, 1.165) is 6.61 Å². The highest BCUT2D eigenvalue weighted by atomic mass is 16.5. The summed E-state index contributed by atoms with van der Waals surface area (Å²) in [7, 11) is 1.95. The number of benzene rings is 1. The minimum absolute atomic E-state index is 0. The fraction of sp³-hybridized carbons (Fsp3) is 0.647. The van der Waals surface area contributed by atoms with E-state index < -0.39 is 0 Å². The van der Waals surface area contributed by atoms with E-state index in [1.165, 1.54) is 5.56 Å². The molecule has 2 heteroatoms. The molecule has 0 fully saturated rings. The highest BCUT2D eigenvalue weighted by Gasteiger charge is 1.93. The lowest BCUT2D eigenvalue weighted by atomic mass is 10.2. The molecule has 0 amide bonds. The molecule has 2 nitrogen and oxygen atoms in total. The fourth-order valence-corrected chi connectivity index (χ4v) is 0.837. The molecule has 0 bridgehead atoms. The maximum atomic E-state index is 5.43. The molecule has 0 aliphatic carbocycles. The van der Waals surface area contributed by atoms with Gasteiger partial charge in [-0.1, -0.05) is 65.5 Å². The van der Waals surface area contributed by atoms with Crippen molar-refractivity contribution in [2.75, 3.05) is 7.05 Å². The third-order valence-corrected chi connectivity index (χ3v) is 2.00. The number of ether oxygens (including phenoxy) is 1. The third-order valence-electron chi connectivity index (χ3n) is 2.00. The normalized spacial score (nSPS) is 8.89. The molecule has 1 rings (SSSR count). The minimum atomic E-state index is 0. The van der Waals surface area contributed by atoms with Crippen molar-refractivity contribution < 1.29 is 4.74 Å². The van der Waals surface area contributed by atoms with Crippen LogP contribution in [0.1, 0.15) is 54.5 Å². The van der Waals surface area contributed by atoms with E-state index in [9.17, 15) is 0 Å². The van der Waals surface area contributed by atoms with Crippen molar-refractivity contribution in [1.29, 1.82) is 0 Å². The van der Waals surface area contributed by atoms with Gasteiger partial charge in [-0.3, -0.25) is 0 Å². The molecule has 19 heavy (non-hydrogen) atoms. The van der Waals surface area contributed by atoms with Crippen LogP contribution in [-0.2, 0) is 11.3 Å². The first-order valence-corrected chi connectivity index (χ1v) is 6.89. The van der Waals surface area contributed by atoms with Crippen molar-refractivity contribution in [1.82, 2.24) is 5.32 Å². The van der Waals surface area contributed by atoms with Crippen LogP contribution in [0.5, 0.6) is 0 Å². The topological polar surface area (TPSA) is 21.3 Å². The molecule has 1 aromatic carbocycles. The minimum Gasteiger partial charge on any atom is -0.374 e. The third kappa shape index (κ3) is 19.7. The van der Waals surface area contributed by atoms with Gasteiger partial charge in [0.05, 0.1) is 12.7 Å². The Kier molecular flexibility index (Phi) is 21.0. The van der Waals surface area contributed by atoms with Crippen LogP contribution >= 0.6 is 0 Å². The molecule has 0 radical (unpaired) electrons. The van der Waals surface area contributed by atoms with Crippen LogP contribution in [0.2, 0.25) is 0 Å². The summed E-state index contributed by atoms with van der Waals surface area (Å²) in [6.07, 6.45) is 0.315. The van der Waals surface area contributed by atoms with Crippen LogP contribution in [0, 0.1) is 0 Å². The first kappa shape index (κ1) is 23.2. The molecule has 114 valence electrons. The Labute approximate surface area is 121 Å². The molecule has 0 unspecified atom stereocenters. The van der Waals surface area contributed by atoms with E-state index in [1.54, 1.807) is 0 Å². The van der Waals surface area contributed by atoms with Crippen molar-refractivity contribution in [3.63, 3.8) is 0 Å². The van der Waals surface area contributed by atoms with Crippen molar-refractivity contribution in [3.8, 4) is 0 Å². The molecule has 1 N–H and O–H groups in total. The van der Waals surface area contributed by atoms with E-state index in [4.69, 9.17) is 4.74 Å². The Hall–Kier alpha value is -0.860. The maximum absolute atomic E-state index is 5.43. The van der Waals surface area contributed by atoms with Gasteiger partial charge in [0, 0.05) is 6.04 Å². The van der Waals surface area contributed by atoms with Gasteiger partial charge in [-0.15, -0.1) is 0 Å². The molecule has 0 saturated carbocycles. The van der Waals surface area contributed by atoms with Gasteiger partial charge in [-0.05, 0) is 26.5 Å². The van der Waals surface area contributed by atoms with E-state index in [-0.39, 0.29) is 7.43 Å². The largest absolute Gasteiger partial charge is 0.374 e. The Morgan fingerprint density at radius 2 is 1.42 bits per heavy atom. The molecule has 0 aliphatic rings. The van der Waals surface area contributed by atoms with Gasteiger partial charge in [-0.25, -0.2) is 0 Å². The Balaban J connectivity index is -0.000000275. The second kappa shape index (κ2) is 17.1. The van der Waals surface area contributed by atoms with Crippen molar-refractivity contribution >= 4 is 0 Å². The fourth-order valence-electron chi connectivity index (χ4n) is 0.837. The standard InChI is InChI=1S/C10H14O.C4H11N.C2H6.CH4/c1-9(2)11-8-10-6-4-3-5-7-10;1-4(2)5-3;1-2;/h3-7,9H,8H2,1-2H3;4-5H,1-3H3;1-2H3;1H4. The summed E-state index contributed by atoms with van der Waals surface area (Å²) in [5.41, 5.74) is 1.24. The van der Waals surface area contributed by atoms with Gasteiger partial charge in [-0.2, -0.15) is 0 Å². The average molecular weight is 269 g/mol. The zero-order valence-corrected chi connectivity index (χ0v) is 13.2. The Morgan fingerprint density at radius 1 is 1.00 bits per heavy atom. The van der Waals surface area contributed by atoms with Crippen molar-refractivity contribution in [3.05, 3.63) is 35.9 Å². The molecule has 0 atom stereocenters. The molecule has 1 aromatic rings. The Morgan fingerprint density at radius 3 is 1.74 bits per heavy atom. The van der Waals surface area contributed by atoms with E-state index in [2.05, 4.69) is 31.3 Å². The van der Waals surface area contributed by atoms with E-state index in [1.807, 2.05) is 52.9 Å². The number of hydrogen-bond donors (Lipinski definition) is 1. The SMILES string of the molecule is C.CC.CC(C)OCc1ccccc1.CNC(C)C. The van der Waals surface area contributed by atoms with Crippen LogP contribution in [0.15, 0.2) is 30.3 Å². The number of hydrogen-bond acceptors (Lipinski definition) is 2. The van der Waals surface area contributed by atoms with E-state index >= 15 is 0 Å². The summed E-state index contributed by atoms with van der Waals surface area (Å²) in [5.74, 6) is 0. The van der Waals surface area contributed by atoms with Crippen LogP contribution in [-0.4, -0.2) is 19.2 Å². The van der Waals surface area contributed by atoms with Crippen LogP contribution < -0.4 is 5.32 Å². The van der Waals surface area contributed by atoms with Gasteiger partial charge in [0.2, 0.25) is 0 Å². The van der Waals surface area contributed by atoms with Gasteiger partial charge in [0.25, 0.3) is 0 Å². The monoisotopic (exact) mass is 269 g/mol. The molecule has 0 spiro atoms. The average Bonchev–Trinajstić information content (AvgIpc) is 2.40. The van der Waals surface area contributed by atoms with Gasteiger partial charge in [0.15, 0.2) is 0 Å². The van der Waals surface area contributed by atoms with Crippen molar-refractivity contribution in [2.24, 2.45) is 0 Å². The second-order valence-electron chi connectivity index (χ2n) is 4.29. The lowest BCUT2D eigenvalue weighted by Gasteiger charge is -2.06. The first-order chi connectivity index (χ1) is 8.56. The molecule has 0 heterocycles. The van der Waals surface area contributed by atoms with Crippen LogP contribution in [0.3, 0.4) is 0 Å². The predicted molar refractivity (Wildman–Crippen MR) is 88.6 cm³/mol. The van der Waals surface area contributed by atoms with E-state index in [0.29, 0.717) is 12.1 Å². The highest BCUT2D eigenvalue weighted by Crippen LogP contribution is 2.02. The smallest absolute Gasteiger partial charge is 0.0720 e. The summed E-state index contributed by atoms with van der Waals surface area (Å²) >= 11 is 0.